The van der Waals surface area contributed by atoms with E-state index in [1.807, 2.05) is 19.2 Å². The van der Waals surface area contributed by atoms with E-state index in [2.05, 4.69) is 29.1 Å². The van der Waals surface area contributed by atoms with E-state index in [4.69, 9.17) is 4.74 Å². The van der Waals surface area contributed by atoms with Crippen LogP contribution in [0.2, 0.25) is 0 Å². The Morgan fingerprint density at radius 3 is 2.67 bits per heavy atom. The summed E-state index contributed by atoms with van der Waals surface area (Å²) in [6.45, 7) is 6.06. The summed E-state index contributed by atoms with van der Waals surface area (Å²) < 4.78 is 18.9. The van der Waals surface area contributed by atoms with Crippen LogP contribution in [0.15, 0.2) is 29.3 Å². The minimum absolute atomic E-state index is 0. The zero-order valence-corrected chi connectivity index (χ0v) is 17.1. The molecule has 0 spiro atoms. The monoisotopic (exact) mass is 447 g/mol. The van der Waals surface area contributed by atoms with E-state index in [1.165, 1.54) is 12.1 Å². The van der Waals surface area contributed by atoms with Crippen LogP contribution >= 0.6 is 24.0 Å². The molecule has 1 saturated heterocycles. The molecule has 3 rings (SSSR count). The largest absolute Gasteiger partial charge is 0.377 e. The number of hydrogen-bond donors (Lipinski definition) is 1. The van der Waals surface area contributed by atoms with E-state index < -0.39 is 0 Å². The predicted octanol–water partition coefficient (Wildman–Crippen LogP) is 3.26. The molecule has 1 aromatic rings. The van der Waals surface area contributed by atoms with Crippen molar-refractivity contribution in [2.45, 2.75) is 39.0 Å². The van der Waals surface area contributed by atoms with Crippen molar-refractivity contribution >= 4 is 29.9 Å². The second kappa shape index (κ2) is 7.56. The number of nitrogens with zero attached hydrogens (tertiary/aromatic N) is 2. The van der Waals surface area contributed by atoms with Gasteiger partial charge in [-0.15, -0.1) is 24.0 Å². The molecule has 134 valence electrons. The highest BCUT2D eigenvalue weighted by molar-refractivity contribution is 14.0. The van der Waals surface area contributed by atoms with Gasteiger partial charge in [0.1, 0.15) is 5.82 Å². The molecular formula is C18H27FIN3O. The van der Waals surface area contributed by atoms with Gasteiger partial charge < -0.3 is 15.0 Å². The average Bonchev–Trinajstić information content (AvgIpc) is 2.97. The number of guanidine groups is 1. The normalized spacial score (nSPS) is 27.7. The number of fused-ring (bicyclic) bond motifs is 1. The third-order valence-corrected chi connectivity index (χ3v) is 5.29. The zero-order valence-electron chi connectivity index (χ0n) is 14.8. The molecule has 3 unspecified atom stereocenters. The van der Waals surface area contributed by atoms with Crippen molar-refractivity contribution in [1.82, 2.24) is 10.2 Å². The quantitative estimate of drug-likeness (QED) is 0.439. The van der Waals surface area contributed by atoms with Crippen LogP contribution < -0.4 is 5.32 Å². The Hall–Kier alpha value is -0.890. The Balaban J connectivity index is 0.00000208. The first kappa shape index (κ1) is 19.4. The summed E-state index contributed by atoms with van der Waals surface area (Å²) in [4.78, 5) is 6.50. The number of aliphatic imine (C=N–C) groups is 1. The van der Waals surface area contributed by atoms with Gasteiger partial charge in [-0.1, -0.05) is 26.0 Å². The molecule has 2 fully saturated rings. The second-order valence-corrected chi connectivity index (χ2v) is 7.22. The Morgan fingerprint density at radius 2 is 2.04 bits per heavy atom. The topological polar surface area (TPSA) is 36.9 Å². The van der Waals surface area contributed by atoms with E-state index in [-0.39, 0.29) is 35.2 Å². The van der Waals surface area contributed by atoms with Crippen LogP contribution in [0.5, 0.6) is 0 Å². The lowest BCUT2D eigenvalue weighted by molar-refractivity contribution is -0.107. The molecule has 1 N–H and O–H groups in total. The van der Waals surface area contributed by atoms with E-state index >= 15 is 0 Å². The van der Waals surface area contributed by atoms with Crippen molar-refractivity contribution in [1.29, 1.82) is 0 Å². The Kier molecular flexibility index (Phi) is 6.12. The number of ether oxygens (including phenoxy) is 1. The van der Waals surface area contributed by atoms with E-state index in [0.29, 0.717) is 24.6 Å². The predicted molar refractivity (Wildman–Crippen MR) is 105 cm³/mol. The molecule has 1 aromatic carbocycles. The molecular weight excluding hydrogens is 420 g/mol. The number of rotatable bonds is 3. The number of halogens is 2. The summed E-state index contributed by atoms with van der Waals surface area (Å²) in [5, 5.41) is 3.62. The summed E-state index contributed by atoms with van der Waals surface area (Å²) in [6, 6.07) is 6.99. The highest BCUT2D eigenvalue weighted by Crippen LogP contribution is 2.52. The molecule has 24 heavy (non-hydrogen) atoms. The molecule has 4 nitrogen and oxygen atoms in total. The van der Waals surface area contributed by atoms with Crippen LogP contribution in [-0.4, -0.2) is 43.7 Å². The van der Waals surface area contributed by atoms with E-state index in [0.717, 1.165) is 24.6 Å². The van der Waals surface area contributed by atoms with E-state index in [9.17, 15) is 4.39 Å². The average molecular weight is 447 g/mol. The maximum atomic E-state index is 13.0. The van der Waals surface area contributed by atoms with Crippen LogP contribution in [0.25, 0.3) is 0 Å². The number of benzene rings is 1. The Morgan fingerprint density at radius 1 is 1.38 bits per heavy atom. The molecule has 1 saturated carbocycles. The van der Waals surface area contributed by atoms with Gasteiger partial charge in [0.05, 0.1) is 6.10 Å². The zero-order chi connectivity index (χ0) is 16.6. The fraction of sp³-hybridized carbons (Fsp3) is 0.611. The Bertz CT molecular complexity index is 590. The highest BCUT2D eigenvalue weighted by atomic mass is 127. The standard InChI is InChI=1S/C18H26FN3O.HI/c1-18(2)15(14-9-10-23-16(14)18)21-17(20-3)22(4)11-12-5-7-13(19)8-6-12;/h5-8,14-16H,9-11H2,1-4H3,(H,20,21);1H. The smallest absolute Gasteiger partial charge is 0.193 e. The van der Waals surface area contributed by atoms with Gasteiger partial charge in [-0.25, -0.2) is 4.39 Å². The lowest BCUT2D eigenvalue weighted by Gasteiger charge is -2.55. The molecule has 1 aliphatic heterocycles. The lowest BCUT2D eigenvalue weighted by Crippen LogP contribution is -2.67. The van der Waals surface area contributed by atoms with Crippen molar-refractivity contribution in [3.63, 3.8) is 0 Å². The van der Waals surface area contributed by atoms with Gasteiger partial charge in [0.25, 0.3) is 0 Å². The molecule has 0 aromatic heterocycles. The molecule has 0 amide bonds. The summed E-state index contributed by atoms with van der Waals surface area (Å²) in [6.07, 6.45) is 1.48. The molecule has 0 radical (unpaired) electrons. The van der Waals surface area contributed by atoms with Gasteiger partial charge in [0, 0.05) is 44.6 Å². The third kappa shape index (κ3) is 3.54. The van der Waals surface area contributed by atoms with Gasteiger partial charge in [0.2, 0.25) is 0 Å². The fourth-order valence-corrected chi connectivity index (χ4v) is 4.04. The molecule has 2 aliphatic rings. The van der Waals surface area contributed by atoms with Crippen molar-refractivity contribution < 1.29 is 9.13 Å². The minimum atomic E-state index is -0.206. The molecule has 1 aliphatic carbocycles. The van der Waals surface area contributed by atoms with Crippen molar-refractivity contribution in [2.75, 3.05) is 20.7 Å². The fourth-order valence-electron chi connectivity index (χ4n) is 4.04. The van der Waals surface area contributed by atoms with Gasteiger partial charge in [-0.2, -0.15) is 0 Å². The SMILES string of the molecule is CN=C(NC1C2CCOC2C1(C)C)N(C)Cc1ccc(F)cc1.I. The van der Waals surface area contributed by atoms with Gasteiger partial charge in [-0.3, -0.25) is 4.99 Å². The van der Waals surface area contributed by atoms with Crippen molar-refractivity contribution in [3.8, 4) is 0 Å². The van der Waals surface area contributed by atoms with Crippen molar-refractivity contribution in [3.05, 3.63) is 35.6 Å². The van der Waals surface area contributed by atoms with Crippen LogP contribution in [0, 0.1) is 17.2 Å². The van der Waals surface area contributed by atoms with Crippen LogP contribution in [0.1, 0.15) is 25.8 Å². The van der Waals surface area contributed by atoms with Gasteiger partial charge in [-0.05, 0) is 24.1 Å². The first-order chi connectivity index (χ1) is 10.9. The summed E-state index contributed by atoms with van der Waals surface area (Å²) >= 11 is 0. The molecule has 0 bridgehead atoms. The summed E-state index contributed by atoms with van der Waals surface area (Å²) in [5.41, 5.74) is 1.18. The minimum Gasteiger partial charge on any atom is -0.377 e. The first-order valence-corrected chi connectivity index (χ1v) is 8.24. The second-order valence-electron chi connectivity index (χ2n) is 7.22. The maximum absolute atomic E-state index is 13.0. The Labute approximate surface area is 160 Å². The van der Waals surface area contributed by atoms with Crippen LogP contribution in [0.4, 0.5) is 4.39 Å². The summed E-state index contributed by atoms with van der Waals surface area (Å²) in [5.74, 6) is 1.24. The molecule has 6 heteroatoms. The van der Waals surface area contributed by atoms with Gasteiger partial charge in [0.15, 0.2) is 5.96 Å². The van der Waals surface area contributed by atoms with Crippen LogP contribution in [-0.2, 0) is 11.3 Å². The lowest BCUT2D eigenvalue weighted by atomic mass is 9.57. The maximum Gasteiger partial charge on any atom is 0.193 e. The van der Waals surface area contributed by atoms with Crippen LogP contribution in [0.3, 0.4) is 0 Å². The van der Waals surface area contributed by atoms with E-state index in [1.54, 1.807) is 7.05 Å². The molecule has 3 atom stereocenters. The highest BCUT2D eigenvalue weighted by Gasteiger charge is 2.59. The van der Waals surface area contributed by atoms with Crippen molar-refractivity contribution in [2.24, 2.45) is 16.3 Å². The number of hydrogen-bond acceptors (Lipinski definition) is 2. The summed E-state index contributed by atoms with van der Waals surface area (Å²) in [7, 11) is 3.81. The first-order valence-electron chi connectivity index (χ1n) is 8.24. The molecule has 1 heterocycles. The van der Waals surface area contributed by atoms with Gasteiger partial charge >= 0.3 is 0 Å². The third-order valence-electron chi connectivity index (χ3n) is 5.29. The number of nitrogens with one attached hydrogen (secondary N) is 1.